The first-order chi connectivity index (χ1) is 16.5. The van der Waals surface area contributed by atoms with Gasteiger partial charge in [-0.05, 0) is 37.5 Å². The van der Waals surface area contributed by atoms with Gasteiger partial charge in [-0.3, -0.25) is 5.10 Å². The minimum absolute atomic E-state index is 0.0560. The number of alkyl halides is 3. The lowest BCUT2D eigenvalue weighted by Gasteiger charge is -2.54. The largest absolute Gasteiger partial charge is 0.416 e. The van der Waals surface area contributed by atoms with Gasteiger partial charge in [0, 0.05) is 50.6 Å². The maximum Gasteiger partial charge on any atom is 0.416 e. The molecule has 35 heavy (non-hydrogen) atoms. The lowest BCUT2D eigenvalue weighted by Crippen LogP contribution is -2.64. The van der Waals surface area contributed by atoms with Gasteiger partial charge in [-0.2, -0.15) is 22.6 Å². The average Bonchev–Trinajstić information content (AvgIpc) is 3.48. The molecule has 3 aliphatic rings. The topological polar surface area (TPSA) is 102 Å². The number of urea groups is 1. The van der Waals surface area contributed by atoms with Crippen molar-refractivity contribution in [3.63, 3.8) is 0 Å². The van der Waals surface area contributed by atoms with Crippen LogP contribution in [0, 0.1) is 11.2 Å². The lowest BCUT2D eigenvalue weighted by molar-refractivity contribution is -0.137. The molecule has 1 aromatic carbocycles. The average molecular weight is 517 g/mol. The molecule has 1 atom stereocenters. The number of carbonyl (C=O) groups excluding carboxylic acids is 1. The fourth-order valence-corrected chi connectivity index (χ4v) is 6.70. The van der Waals surface area contributed by atoms with Crippen LogP contribution < -0.4 is 0 Å². The summed E-state index contributed by atoms with van der Waals surface area (Å²) >= 11 is 0. The molecule has 5 rings (SSSR count). The molecule has 0 aliphatic carbocycles. The number of likely N-dealkylation sites (tertiary alicyclic amines) is 2. The summed E-state index contributed by atoms with van der Waals surface area (Å²) in [6, 6.07) is 1.39. The number of aromatic amines is 1. The highest BCUT2D eigenvalue weighted by molar-refractivity contribution is 7.89. The van der Waals surface area contributed by atoms with E-state index in [1.807, 2.05) is 0 Å². The zero-order valence-electron chi connectivity index (χ0n) is 18.6. The Balaban J connectivity index is 1.17. The van der Waals surface area contributed by atoms with Crippen molar-refractivity contribution in [1.29, 1.82) is 0 Å². The number of sulfonamides is 1. The van der Waals surface area contributed by atoms with Gasteiger partial charge in [0.15, 0.2) is 0 Å². The molecule has 9 nitrogen and oxygen atoms in total. The summed E-state index contributed by atoms with van der Waals surface area (Å²) < 4.78 is 79.5. The van der Waals surface area contributed by atoms with E-state index in [1.54, 1.807) is 9.80 Å². The summed E-state index contributed by atoms with van der Waals surface area (Å²) in [4.78, 5) is 19.8. The molecule has 0 saturated carbocycles. The van der Waals surface area contributed by atoms with Gasteiger partial charge in [0.05, 0.1) is 5.56 Å². The minimum atomic E-state index is -4.76. The molecule has 2 aromatic rings. The molecule has 1 N–H and O–H groups in total. The van der Waals surface area contributed by atoms with E-state index in [4.69, 9.17) is 0 Å². The summed E-state index contributed by atoms with van der Waals surface area (Å²) in [5.41, 5.74) is -1.44. The van der Waals surface area contributed by atoms with E-state index in [9.17, 15) is 30.8 Å². The van der Waals surface area contributed by atoms with Crippen molar-refractivity contribution >= 4 is 16.1 Å². The Labute approximate surface area is 199 Å². The van der Waals surface area contributed by atoms with E-state index in [2.05, 4.69) is 15.2 Å². The number of hydrogen-bond acceptors (Lipinski definition) is 5. The molecule has 3 fully saturated rings. The van der Waals surface area contributed by atoms with Crippen LogP contribution in [0.25, 0.3) is 0 Å². The number of amides is 2. The predicted molar refractivity (Wildman–Crippen MR) is 114 cm³/mol. The summed E-state index contributed by atoms with van der Waals surface area (Å²) in [5.74, 6) is -0.538. The fourth-order valence-electron chi connectivity index (χ4n) is 5.21. The number of nitrogens with one attached hydrogen (secondary N) is 1. The Morgan fingerprint density at radius 1 is 1.11 bits per heavy atom. The smallest absolute Gasteiger partial charge is 0.324 e. The van der Waals surface area contributed by atoms with Gasteiger partial charge in [-0.15, -0.1) is 0 Å². The molecular formula is C21H24F4N6O3S. The summed E-state index contributed by atoms with van der Waals surface area (Å²) in [6.45, 7) is 2.43. The quantitative estimate of drug-likeness (QED) is 0.632. The number of H-pyrrole nitrogens is 1. The molecule has 3 saturated heterocycles. The third-order valence-corrected chi connectivity index (χ3v) is 9.19. The third kappa shape index (κ3) is 4.37. The second-order valence-electron chi connectivity index (χ2n) is 9.49. The van der Waals surface area contributed by atoms with Crippen LogP contribution in [0.4, 0.5) is 22.4 Å². The van der Waals surface area contributed by atoms with Gasteiger partial charge in [-0.25, -0.2) is 22.6 Å². The SMILES string of the molecule is O=C(N1CC[C@H](c2ncn[nH]2)C1)N1CC2(CCN(S(=O)(=O)c3ccc(C(F)(F)F)cc3F)CC2)C1. The van der Waals surface area contributed by atoms with Gasteiger partial charge in [0.2, 0.25) is 10.0 Å². The third-order valence-electron chi connectivity index (χ3n) is 7.26. The number of piperidine rings is 1. The summed E-state index contributed by atoms with van der Waals surface area (Å²) in [5, 5.41) is 6.70. The fraction of sp³-hybridized carbons (Fsp3) is 0.571. The van der Waals surface area contributed by atoms with Gasteiger partial charge in [0.1, 0.15) is 22.9 Å². The van der Waals surface area contributed by atoms with Crippen LogP contribution in [-0.2, 0) is 16.2 Å². The molecule has 1 spiro atoms. The predicted octanol–water partition coefficient (Wildman–Crippen LogP) is 2.66. The van der Waals surface area contributed by atoms with E-state index in [1.165, 1.54) is 6.33 Å². The van der Waals surface area contributed by atoms with Crippen molar-refractivity contribution in [2.45, 2.75) is 36.3 Å². The van der Waals surface area contributed by atoms with Crippen molar-refractivity contribution in [1.82, 2.24) is 29.3 Å². The van der Waals surface area contributed by atoms with Crippen molar-refractivity contribution < 1.29 is 30.8 Å². The molecule has 4 heterocycles. The molecule has 190 valence electrons. The van der Waals surface area contributed by atoms with Crippen LogP contribution >= 0.6 is 0 Å². The van der Waals surface area contributed by atoms with Gasteiger partial charge in [0.25, 0.3) is 0 Å². The number of nitrogens with zero attached hydrogens (tertiary/aromatic N) is 5. The highest BCUT2D eigenvalue weighted by Gasteiger charge is 2.49. The highest BCUT2D eigenvalue weighted by atomic mass is 32.2. The van der Waals surface area contributed by atoms with Crippen molar-refractivity contribution in [3.8, 4) is 0 Å². The first kappa shape index (κ1) is 24.0. The van der Waals surface area contributed by atoms with Gasteiger partial charge < -0.3 is 9.80 Å². The standard InChI is InChI=1S/C21H24F4N6O3S/c22-16-9-15(21(23,24)25)1-2-17(16)35(33,34)31-7-4-20(5-8-31)11-30(12-20)19(32)29-6-3-14(10-29)18-26-13-27-28-18/h1-2,9,13-14H,3-8,10-12H2,(H,26,27,28)/t14-/m0/s1. The van der Waals surface area contributed by atoms with E-state index in [0.29, 0.717) is 51.2 Å². The zero-order valence-corrected chi connectivity index (χ0v) is 19.4. The van der Waals surface area contributed by atoms with E-state index >= 15 is 0 Å². The maximum atomic E-state index is 14.3. The number of halogens is 4. The van der Waals surface area contributed by atoms with E-state index in [-0.39, 0.29) is 36.5 Å². The molecule has 0 unspecified atom stereocenters. The summed E-state index contributed by atoms with van der Waals surface area (Å²) in [6.07, 6.45) is -1.55. The minimum Gasteiger partial charge on any atom is -0.324 e. The second kappa shape index (κ2) is 8.43. The van der Waals surface area contributed by atoms with Crippen molar-refractivity contribution in [2.24, 2.45) is 5.41 Å². The normalized spacial score (nSPS) is 23.0. The van der Waals surface area contributed by atoms with Crippen LogP contribution in [0.5, 0.6) is 0 Å². The Morgan fingerprint density at radius 3 is 2.43 bits per heavy atom. The molecule has 0 bridgehead atoms. The van der Waals surface area contributed by atoms with Gasteiger partial charge >= 0.3 is 12.2 Å². The number of benzene rings is 1. The maximum absolute atomic E-state index is 14.3. The Hall–Kier alpha value is -2.74. The lowest BCUT2D eigenvalue weighted by atomic mass is 9.72. The first-order valence-electron chi connectivity index (χ1n) is 11.2. The molecule has 0 radical (unpaired) electrons. The molecule has 1 aromatic heterocycles. The number of hydrogen-bond donors (Lipinski definition) is 1. The second-order valence-corrected chi connectivity index (χ2v) is 11.4. The molecule has 2 amide bonds. The number of aromatic nitrogens is 3. The van der Waals surface area contributed by atoms with Crippen molar-refractivity contribution in [2.75, 3.05) is 39.3 Å². The Bertz CT molecular complexity index is 1200. The monoisotopic (exact) mass is 516 g/mol. The van der Waals surface area contributed by atoms with Crippen LogP contribution in [0.1, 0.15) is 36.6 Å². The van der Waals surface area contributed by atoms with Crippen LogP contribution in [0.2, 0.25) is 0 Å². The van der Waals surface area contributed by atoms with Crippen LogP contribution in [-0.4, -0.2) is 83.0 Å². The number of carbonyl (C=O) groups is 1. The first-order valence-corrected chi connectivity index (χ1v) is 12.7. The highest BCUT2D eigenvalue weighted by Crippen LogP contribution is 2.43. The zero-order chi connectivity index (χ0) is 25.0. The Morgan fingerprint density at radius 2 is 1.83 bits per heavy atom. The molecule has 3 aliphatic heterocycles. The number of rotatable bonds is 3. The van der Waals surface area contributed by atoms with Crippen LogP contribution in [0.3, 0.4) is 0 Å². The Kier molecular flexibility index (Phi) is 5.78. The molecular weight excluding hydrogens is 492 g/mol. The van der Waals surface area contributed by atoms with Crippen LogP contribution in [0.15, 0.2) is 29.4 Å². The van der Waals surface area contributed by atoms with Gasteiger partial charge in [-0.1, -0.05) is 0 Å². The molecule has 14 heteroatoms. The summed E-state index contributed by atoms with van der Waals surface area (Å²) in [7, 11) is -4.27. The van der Waals surface area contributed by atoms with Crippen molar-refractivity contribution in [3.05, 3.63) is 41.7 Å². The van der Waals surface area contributed by atoms with E-state index in [0.717, 1.165) is 16.6 Å². The van der Waals surface area contributed by atoms with E-state index < -0.39 is 32.5 Å².